The number of aromatic nitrogens is 1. The van der Waals surface area contributed by atoms with Gasteiger partial charge in [0, 0.05) is 25.5 Å². The summed E-state index contributed by atoms with van der Waals surface area (Å²) >= 11 is 1.61. The second-order valence-corrected chi connectivity index (χ2v) is 4.87. The highest BCUT2D eigenvalue weighted by Gasteiger charge is 2.07. The molecule has 2 aromatic rings. The summed E-state index contributed by atoms with van der Waals surface area (Å²) in [6, 6.07) is 8.05. The number of nitrogens with zero attached hydrogens (tertiary/aromatic N) is 2. The Morgan fingerprint density at radius 1 is 1.44 bits per heavy atom. The van der Waals surface area contributed by atoms with E-state index in [-0.39, 0.29) is 0 Å². The predicted octanol–water partition coefficient (Wildman–Crippen LogP) is 2.25. The lowest BCUT2D eigenvalue weighted by Crippen LogP contribution is -2.16. The molecule has 2 N–H and O–H groups in total. The maximum atomic E-state index is 5.56. The van der Waals surface area contributed by atoms with Crippen molar-refractivity contribution in [2.24, 2.45) is 5.73 Å². The topological polar surface area (TPSA) is 51.4 Å². The van der Waals surface area contributed by atoms with Crippen LogP contribution in [-0.4, -0.2) is 19.1 Å². The maximum Gasteiger partial charge on any atom is 0.185 e. The Morgan fingerprint density at radius 3 is 2.94 bits per heavy atom. The second-order valence-electron chi connectivity index (χ2n) is 4.03. The first-order valence-electron chi connectivity index (χ1n) is 5.71. The standard InChI is InChI=1S/C13H17N3OS/c1-16(13-15-11(7-14)9-18-13)8-10-4-3-5-12(6-10)17-2/h3-6,9H,7-8,14H2,1-2H3. The molecule has 0 radical (unpaired) electrons. The summed E-state index contributed by atoms with van der Waals surface area (Å²) in [5.74, 6) is 0.877. The third-order valence-electron chi connectivity index (χ3n) is 2.63. The van der Waals surface area contributed by atoms with Crippen molar-refractivity contribution in [3.05, 3.63) is 40.9 Å². The molecule has 18 heavy (non-hydrogen) atoms. The molecule has 0 bridgehead atoms. The Morgan fingerprint density at radius 2 is 2.28 bits per heavy atom. The predicted molar refractivity (Wildman–Crippen MR) is 75.1 cm³/mol. The Bertz CT molecular complexity index is 512. The number of hydrogen-bond donors (Lipinski definition) is 1. The Labute approximate surface area is 111 Å². The Balaban J connectivity index is 2.08. The molecule has 0 fully saturated rings. The summed E-state index contributed by atoms with van der Waals surface area (Å²) in [5, 5.41) is 2.98. The first kappa shape index (κ1) is 12.9. The average Bonchev–Trinajstić information content (AvgIpc) is 2.88. The van der Waals surface area contributed by atoms with Gasteiger partial charge in [-0.2, -0.15) is 0 Å². The van der Waals surface area contributed by atoms with Crippen molar-refractivity contribution in [2.75, 3.05) is 19.1 Å². The minimum Gasteiger partial charge on any atom is -0.497 e. The lowest BCUT2D eigenvalue weighted by Gasteiger charge is -2.16. The summed E-state index contributed by atoms with van der Waals surface area (Å²) in [5.41, 5.74) is 7.70. The van der Waals surface area contributed by atoms with E-state index in [0.29, 0.717) is 6.54 Å². The molecule has 1 aromatic carbocycles. The van der Waals surface area contributed by atoms with Gasteiger partial charge in [0.2, 0.25) is 0 Å². The number of benzene rings is 1. The van der Waals surface area contributed by atoms with Gasteiger partial charge in [0.1, 0.15) is 5.75 Å². The van der Waals surface area contributed by atoms with Crippen LogP contribution in [0.25, 0.3) is 0 Å². The molecular weight excluding hydrogens is 246 g/mol. The molecule has 0 amide bonds. The molecule has 0 aliphatic heterocycles. The zero-order valence-corrected chi connectivity index (χ0v) is 11.4. The molecule has 0 spiro atoms. The van der Waals surface area contributed by atoms with E-state index in [1.165, 1.54) is 5.56 Å². The fourth-order valence-corrected chi connectivity index (χ4v) is 2.48. The van der Waals surface area contributed by atoms with Crippen molar-refractivity contribution in [3.63, 3.8) is 0 Å². The van der Waals surface area contributed by atoms with E-state index in [2.05, 4.69) is 16.0 Å². The van der Waals surface area contributed by atoms with Crippen LogP contribution in [0, 0.1) is 0 Å². The number of thiazole rings is 1. The number of rotatable bonds is 5. The fourth-order valence-electron chi connectivity index (χ4n) is 1.68. The van der Waals surface area contributed by atoms with Crippen LogP contribution >= 0.6 is 11.3 Å². The van der Waals surface area contributed by atoms with Crippen LogP contribution in [0.4, 0.5) is 5.13 Å². The summed E-state index contributed by atoms with van der Waals surface area (Å²) in [4.78, 5) is 6.57. The number of hydrogen-bond acceptors (Lipinski definition) is 5. The average molecular weight is 263 g/mol. The Hall–Kier alpha value is -1.59. The van der Waals surface area contributed by atoms with Gasteiger partial charge in [-0.1, -0.05) is 12.1 Å². The lowest BCUT2D eigenvalue weighted by molar-refractivity contribution is 0.414. The zero-order chi connectivity index (χ0) is 13.0. The normalized spacial score (nSPS) is 10.4. The Kier molecular flexibility index (Phi) is 4.17. The zero-order valence-electron chi connectivity index (χ0n) is 10.6. The minimum atomic E-state index is 0.490. The number of ether oxygens (including phenoxy) is 1. The molecule has 0 unspecified atom stereocenters. The van der Waals surface area contributed by atoms with Gasteiger partial charge in [-0.05, 0) is 17.7 Å². The first-order chi connectivity index (χ1) is 8.72. The van der Waals surface area contributed by atoms with Crippen LogP contribution in [0.5, 0.6) is 5.75 Å². The van der Waals surface area contributed by atoms with Gasteiger partial charge in [-0.15, -0.1) is 11.3 Å². The molecule has 0 saturated carbocycles. The van der Waals surface area contributed by atoms with Crippen LogP contribution in [0.2, 0.25) is 0 Å². The fraction of sp³-hybridized carbons (Fsp3) is 0.308. The number of nitrogens with two attached hydrogens (primary N) is 1. The third kappa shape index (κ3) is 3.00. The van der Waals surface area contributed by atoms with Gasteiger partial charge >= 0.3 is 0 Å². The summed E-state index contributed by atoms with van der Waals surface area (Å²) in [6.07, 6.45) is 0. The lowest BCUT2D eigenvalue weighted by atomic mass is 10.2. The molecule has 1 aromatic heterocycles. The van der Waals surface area contributed by atoms with Crippen LogP contribution in [-0.2, 0) is 13.1 Å². The molecule has 0 atom stereocenters. The van der Waals surface area contributed by atoms with Gasteiger partial charge in [0.15, 0.2) is 5.13 Å². The van der Waals surface area contributed by atoms with Crippen molar-refractivity contribution in [2.45, 2.75) is 13.1 Å². The van der Waals surface area contributed by atoms with Gasteiger partial charge < -0.3 is 15.4 Å². The molecule has 0 saturated heterocycles. The van der Waals surface area contributed by atoms with Crippen molar-refractivity contribution >= 4 is 16.5 Å². The minimum absolute atomic E-state index is 0.490. The highest BCUT2D eigenvalue weighted by atomic mass is 32.1. The van der Waals surface area contributed by atoms with Gasteiger partial charge in [-0.3, -0.25) is 0 Å². The maximum absolute atomic E-state index is 5.56. The summed E-state index contributed by atoms with van der Waals surface area (Å²) in [7, 11) is 3.70. The molecule has 5 heteroatoms. The van der Waals surface area contributed by atoms with Crippen LogP contribution in [0.15, 0.2) is 29.6 Å². The second kappa shape index (κ2) is 5.84. The smallest absolute Gasteiger partial charge is 0.185 e. The van der Waals surface area contributed by atoms with Gasteiger partial charge in [-0.25, -0.2) is 4.98 Å². The van der Waals surface area contributed by atoms with E-state index in [9.17, 15) is 0 Å². The quantitative estimate of drug-likeness (QED) is 0.899. The van der Waals surface area contributed by atoms with Crippen LogP contribution in [0.3, 0.4) is 0 Å². The highest BCUT2D eigenvalue weighted by Crippen LogP contribution is 2.22. The SMILES string of the molecule is COc1cccc(CN(C)c2nc(CN)cs2)c1. The van der Waals surface area contributed by atoms with Crippen molar-refractivity contribution in [3.8, 4) is 5.75 Å². The summed E-state index contributed by atoms with van der Waals surface area (Å²) < 4.78 is 5.22. The number of anilines is 1. The van der Waals surface area contributed by atoms with Crippen molar-refractivity contribution in [1.82, 2.24) is 4.98 Å². The highest BCUT2D eigenvalue weighted by molar-refractivity contribution is 7.13. The van der Waals surface area contributed by atoms with Crippen molar-refractivity contribution in [1.29, 1.82) is 0 Å². The summed E-state index contributed by atoms with van der Waals surface area (Å²) in [6.45, 7) is 1.29. The molecule has 96 valence electrons. The van der Waals surface area contributed by atoms with Gasteiger partial charge in [0.25, 0.3) is 0 Å². The van der Waals surface area contributed by atoms with E-state index in [1.807, 2.05) is 30.6 Å². The van der Waals surface area contributed by atoms with Gasteiger partial charge in [0.05, 0.1) is 12.8 Å². The van der Waals surface area contributed by atoms with E-state index >= 15 is 0 Å². The third-order valence-corrected chi connectivity index (χ3v) is 3.63. The van der Waals surface area contributed by atoms with Crippen molar-refractivity contribution < 1.29 is 4.74 Å². The monoisotopic (exact) mass is 263 g/mol. The molecule has 0 aliphatic rings. The van der Waals surface area contributed by atoms with E-state index in [0.717, 1.165) is 23.1 Å². The molecule has 2 rings (SSSR count). The first-order valence-corrected chi connectivity index (χ1v) is 6.59. The van der Waals surface area contributed by atoms with Crippen LogP contribution < -0.4 is 15.4 Å². The molecule has 1 heterocycles. The molecular formula is C13H17N3OS. The van der Waals surface area contributed by atoms with E-state index in [1.54, 1.807) is 18.4 Å². The van der Waals surface area contributed by atoms with Crippen LogP contribution in [0.1, 0.15) is 11.3 Å². The molecule has 4 nitrogen and oxygen atoms in total. The van der Waals surface area contributed by atoms with E-state index < -0.39 is 0 Å². The largest absolute Gasteiger partial charge is 0.497 e. The molecule has 0 aliphatic carbocycles. The number of methoxy groups -OCH3 is 1. The van der Waals surface area contributed by atoms with E-state index in [4.69, 9.17) is 10.5 Å².